The van der Waals surface area contributed by atoms with Crippen molar-refractivity contribution in [1.82, 2.24) is 4.31 Å². The monoisotopic (exact) mass is 534 g/mol. The number of nitrogens with zero attached hydrogens (tertiary/aromatic N) is 1. The summed E-state index contributed by atoms with van der Waals surface area (Å²) < 4.78 is 33.9. The number of sulfonamides is 1. The van der Waals surface area contributed by atoms with E-state index in [4.69, 9.17) is 4.74 Å². The van der Waals surface area contributed by atoms with E-state index in [1.807, 2.05) is 55.5 Å². The van der Waals surface area contributed by atoms with E-state index in [1.165, 1.54) is 4.31 Å². The van der Waals surface area contributed by atoms with Gasteiger partial charge in [-0.25, -0.2) is 8.42 Å². The second-order valence-corrected chi connectivity index (χ2v) is 11.7. The van der Waals surface area contributed by atoms with Crippen molar-refractivity contribution in [2.24, 2.45) is 0 Å². The number of aryl methyl sites for hydroxylation is 2. The number of ether oxygens (including phenoxy) is 1. The minimum atomic E-state index is -3.92. The Morgan fingerprint density at radius 1 is 0.974 bits per heavy atom. The predicted molar refractivity (Wildman–Crippen MR) is 147 cm³/mol. The van der Waals surface area contributed by atoms with Crippen molar-refractivity contribution in [2.75, 3.05) is 25.0 Å². The Bertz CT molecular complexity index is 1400. The quantitative estimate of drug-likeness (QED) is 0.358. The van der Waals surface area contributed by atoms with Gasteiger partial charge < -0.3 is 10.1 Å². The summed E-state index contributed by atoms with van der Waals surface area (Å²) in [6.45, 7) is 5.56. The van der Waals surface area contributed by atoms with Crippen molar-refractivity contribution in [3.8, 4) is 0 Å². The third-order valence-electron chi connectivity index (χ3n) is 6.91. The Morgan fingerprint density at radius 2 is 1.66 bits per heavy atom. The van der Waals surface area contributed by atoms with Gasteiger partial charge >= 0.3 is 5.97 Å². The highest BCUT2D eigenvalue weighted by Gasteiger charge is 2.52. The topological polar surface area (TPSA) is 92.8 Å². The molecule has 38 heavy (non-hydrogen) atoms. The molecule has 8 heteroatoms. The van der Waals surface area contributed by atoms with Crippen LogP contribution in [0.25, 0.3) is 0 Å². The number of rotatable bonds is 11. The van der Waals surface area contributed by atoms with E-state index in [2.05, 4.69) is 5.32 Å². The molecule has 0 aliphatic heterocycles. The lowest BCUT2D eigenvalue weighted by molar-refractivity contribution is -0.146. The lowest BCUT2D eigenvalue weighted by atomic mass is 9.96. The minimum Gasteiger partial charge on any atom is -0.465 e. The standard InChI is InChI=1S/C30H34N2O5S/c1-4-37-29(34)30(17-18-30)25-12-14-26(15-13-25)31-28(33)21-32(19-16-24-8-6-5-7-9-24)38(35,36)27-20-22(2)10-11-23(27)3/h5-15,20H,4,16-19,21H2,1-3H3,(H,31,33). The molecule has 3 aromatic carbocycles. The van der Waals surface area contributed by atoms with Crippen LogP contribution in [0.3, 0.4) is 0 Å². The van der Waals surface area contributed by atoms with Crippen LogP contribution in [0.5, 0.6) is 0 Å². The average molecular weight is 535 g/mol. The van der Waals surface area contributed by atoms with Crippen molar-refractivity contribution in [3.63, 3.8) is 0 Å². The maximum atomic E-state index is 13.7. The van der Waals surface area contributed by atoms with E-state index in [0.29, 0.717) is 24.3 Å². The number of amides is 1. The SMILES string of the molecule is CCOC(=O)C1(c2ccc(NC(=O)CN(CCc3ccccc3)S(=O)(=O)c3cc(C)ccc3C)cc2)CC1. The number of hydrogen-bond acceptors (Lipinski definition) is 5. The summed E-state index contributed by atoms with van der Waals surface area (Å²) in [6.07, 6.45) is 1.96. The van der Waals surface area contributed by atoms with E-state index < -0.39 is 21.3 Å². The summed E-state index contributed by atoms with van der Waals surface area (Å²) in [4.78, 5) is 25.6. The van der Waals surface area contributed by atoms with Gasteiger partial charge in [0.25, 0.3) is 0 Å². The van der Waals surface area contributed by atoms with Gasteiger partial charge in [0.15, 0.2) is 0 Å². The molecule has 1 fully saturated rings. The van der Waals surface area contributed by atoms with Gasteiger partial charge in [0.05, 0.1) is 23.5 Å². The number of hydrogen-bond donors (Lipinski definition) is 1. The molecule has 1 amide bonds. The molecular formula is C30H34N2O5S. The molecule has 1 N–H and O–H groups in total. The summed E-state index contributed by atoms with van der Waals surface area (Å²) in [7, 11) is -3.92. The average Bonchev–Trinajstić information content (AvgIpc) is 3.71. The number of carbonyl (C=O) groups is 2. The van der Waals surface area contributed by atoms with E-state index in [0.717, 1.165) is 29.5 Å². The van der Waals surface area contributed by atoms with Crippen molar-refractivity contribution in [2.45, 2.75) is 50.3 Å². The fraction of sp³-hybridized carbons (Fsp3) is 0.333. The Labute approximate surface area is 224 Å². The Hall–Kier alpha value is -3.49. The van der Waals surface area contributed by atoms with Crippen LogP contribution in [0.2, 0.25) is 0 Å². The highest BCUT2D eigenvalue weighted by Crippen LogP contribution is 2.49. The molecule has 0 aromatic heterocycles. The summed E-state index contributed by atoms with van der Waals surface area (Å²) in [5.41, 5.74) is 3.25. The van der Waals surface area contributed by atoms with Gasteiger partial charge in [0, 0.05) is 12.2 Å². The first-order valence-electron chi connectivity index (χ1n) is 12.8. The molecule has 0 spiro atoms. The minimum absolute atomic E-state index is 0.161. The van der Waals surface area contributed by atoms with Crippen LogP contribution in [-0.2, 0) is 36.2 Å². The van der Waals surface area contributed by atoms with Gasteiger partial charge in [-0.3, -0.25) is 9.59 Å². The molecule has 1 aliphatic carbocycles. The fourth-order valence-corrected chi connectivity index (χ4v) is 6.25. The predicted octanol–water partition coefficient (Wildman–Crippen LogP) is 4.77. The highest BCUT2D eigenvalue weighted by atomic mass is 32.2. The number of carbonyl (C=O) groups excluding carboxylic acids is 2. The van der Waals surface area contributed by atoms with Crippen molar-refractivity contribution < 1.29 is 22.7 Å². The van der Waals surface area contributed by atoms with Gasteiger partial charge in [-0.2, -0.15) is 4.31 Å². The Balaban J connectivity index is 1.51. The van der Waals surface area contributed by atoms with Gasteiger partial charge in [0.2, 0.25) is 15.9 Å². The first-order valence-corrected chi connectivity index (χ1v) is 14.3. The van der Waals surface area contributed by atoms with E-state index in [9.17, 15) is 18.0 Å². The molecule has 200 valence electrons. The number of anilines is 1. The van der Waals surface area contributed by atoms with Gasteiger partial charge in [-0.15, -0.1) is 0 Å². The second kappa shape index (κ2) is 11.5. The molecule has 0 atom stereocenters. The van der Waals surface area contributed by atoms with Crippen molar-refractivity contribution >= 4 is 27.6 Å². The molecule has 4 rings (SSSR count). The second-order valence-electron chi connectivity index (χ2n) is 9.77. The first-order chi connectivity index (χ1) is 18.2. The van der Waals surface area contributed by atoms with E-state index in [1.54, 1.807) is 38.1 Å². The third-order valence-corrected chi connectivity index (χ3v) is 8.90. The Morgan fingerprint density at radius 3 is 2.29 bits per heavy atom. The fourth-order valence-electron chi connectivity index (χ4n) is 4.55. The number of benzene rings is 3. The largest absolute Gasteiger partial charge is 0.465 e. The number of esters is 1. The lowest BCUT2D eigenvalue weighted by Crippen LogP contribution is -2.39. The van der Waals surface area contributed by atoms with Crippen LogP contribution in [0, 0.1) is 13.8 Å². The molecular weight excluding hydrogens is 500 g/mol. The summed E-state index contributed by atoms with van der Waals surface area (Å²) >= 11 is 0. The third kappa shape index (κ3) is 6.14. The molecule has 7 nitrogen and oxygen atoms in total. The van der Waals surface area contributed by atoms with Gasteiger partial charge in [-0.05, 0) is 80.5 Å². The molecule has 1 aliphatic rings. The zero-order chi connectivity index (χ0) is 27.3. The summed E-state index contributed by atoms with van der Waals surface area (Å²) in [5, 5.41) is 2.81. The first kappa shape index (κ1) is 27.5. The highest BCUT2D eigenvalue weighted by molar-refractivity contribution is 7.89. The zero-order valence-electron chi connectivity index (χ0n) is 22.1. The van der Waals surface area contributed by atoms with Crippen LogP contribution >= 0.6 is 0 Å². The molecule has 0 saturated heterocycles. The smallest absolute Gasteiger partial charge is 0.316 e. The van der Waals surface area contributed by atoms with E-state index in [-0.39, 0.29) is 24.0 Å². The molecule has 3 aromatic rings. The van der Waals surface area contributed by atoms with Crippen LogP contribution in [-0.4, -0.2) is 44.3 Å². The molecule has 1 saturated carbocycles. The van der Waals surface area contributed by atoms with Crippen LogP contribution in [0.1, 0.15) is 42.0 Å². The number of nitrogens with one attached hydrogen (secondary N) is 1. The van der Waals surface area contributed by atoms with Crippen LogP contribution in [0.4, 0.5) is 5.69 Å². The van der Waals surface area contributed by atoms with Gasteiger partial charge in [-0.1, -0.05) is 54.6 Å². The van der Waals surface area contributed by atoms with Crippen LogP contribution in [0.15, 0.2) is 77.7 Å². The molecule has 0 unspecified atom stereocenters. The summed E-state index contributed by atoms with van der Waals surface area (Å²) in [5.74, 6) is -0.659. The summed E-state index contributed by atoms with van der Waals surface area (Å²) in [6, 6.07) is 22.0. The normalized spacial score (nSPS) is 14.2. The van der Waals surface area contributed by atoms with Gasteiger partial charge in [0.1, 0.15) is 0 Å². The Kier molecular flexibility index (Phi) is 8.33. The molecule has 0 radical (unpaired) electrons. The van der Waals surface area contributed by atoms with Crippen molar-refractivity contribution in [3.05, 3.63) is 95.1 Å². The molecule has 0 heterocycles. The maximum Gasteiger partial charge on any atom is 0.316 e. The van der Waals surface area contributed by atoms with Crippen LogP contribution < -0.4 is 5.32 Å². The zero-order valence-corrected chi connectivity index (χ0v) is 22.9. The maximum absolute atomic E-state index is 13.7. The van der Waals surface area contributed by atoms with E-state index >= 15 is 0 Å². The molecule has 0 bridgehead atoms. The lowest BCUT2D eigenvalue weighted by Gasteiger charge is -2.23. The van der Waals surface area contributed by atoms with Crippen molar-refractivity contribution in [1.29, 1.82) is 0 Å².